The second kappa shape index (κ2) is 72.4. The van der Waals surface area contributed by atoms with Gasteiger partial charge in [0.2, 0.25) is 5.91 Å². The maximum Gasteiger partial charge on any atom is 0.220 e. The predicted octanol–water partition coefficient (Wildman–Crippen LogP) is 23.4. The third-order valence-electron chi connectivity index (χ3n) is 19.3. The van der Waals surface area contributed by atoms with Gasteiger partial charge in [-0.25, -0.2) is 0 Å². The van der Waals surface area contributed by atoms with Crippen molar-refractivity contribution in [3.05, 3.63) is 72.9 Å². The largest absolute Gasteiger partial charge is 0.394 e. The van der Waals surface area contributed by atoms with Crippen LogP contribution in [-0.4, -0.2) is 87.5 Å². The van der Waals surface area contributed by atoms with E-state index in [0.717, 1.165) is 64.2 Å². The van der Waals surface area contributed by atoms with Gasteiger partial charge in [0.15, 0.2) is 6.29 Å². The molecule has 93 heavy (non-hydrogen) atoms. The van der Waals surface area contributed by atoms with Crippen LogP contribution in [0, 0.1) is 0 Å². The molecular weight excluding hydrogens is 1150 g/mol. The van der Waals surface area contributed by atoms with Crippen LogP contribution in [0.4, 0.5) is 0 Å². The number of hydrogen-bond acceptors (Lipinski definition) is 8. The molecule has 0 bridgehead atoms. The number of nitrogens with one attached hydrogen (secondary N) is 1. The number of carbonyl (C=O) groups excluding carboxylic acids is 1. The van der Waals surface area contributed by atoms with Crippen LogP contribution in [0.5, 0.6) is 0 Å². The molecule has 1 aliphatic heterocycles. The minimum atomic E-state index is -1.57. The minimum Gasteiger partial charge on any atom is -0.394 e. The van der Waals surface area contributed by atoms with E-state index in [2.05, 4.69) is 79.9 Å². The summed E-state index contributed by atoms with van der Waals surface area (Å²) in [5.41, 5.74) is 0. The Labute approximate surface area is 576 Å². The molecule has 1 heterocycles. The van der Waals surface area contributed by atoms with E-state index in [0.29, 0.717) is 6.42 Å². The van der Waals surface area contributed by atoms with Crippen LogP contribution in [0.25, 0.3) is 0 Å². The third-order valence-corrected chi connectivity index (χ3v) is 19.3. The molecule has 1 rings (SSSR count). The van der Waals surface area contributed by atoms with Gasteiger partial charge in [0.05, 0.1) is 25.4 Å². The summed E-state index contributed by atoms with van der Waals surface area (Å²) < 4.78 is 11.3. The van der Waals surface area contributed by atoms with Crippen molar-refractivity contribution < 1.29 is 39.8 Å². The van der Waals surface area contributed by atoms with Gasteiger partial charge in [0.25, 0.3) is 0 Å². The number of aliphatic hydroxyl groups is 5. The van der Waals surface area contributed by atoms with Gasteiger partial charge in [0, 0.05) is 6.42 Å². The number of ether oxygens (including phenoxy) is 2. The van der Waals surface area contributed by atoms with E-state index in [9.17, 15) is 30.3 Å². The Bertz CT molecular complexity index is 1710. The Kier molecular flexibility index (Phi) is 69.0. The SMILES string of the molecule is CC/C=C\C/C=C\C/C=C\C/C=C\CCCCCCCCCCCCCCCCCCCCCCCCCCCCC(=O)NC(COC1OC(CO)C(O)C(O)C1O)C(O)/C=C/CC/C=C/CCCCCCCCCCCCCCCCCCCCCCCCCCC. The quantitative estimate of drug-likeness (QED) is 0.0261. The van der Waals surface area contributed by atoms with E-state index < -0.39 is 49.5 Å². The van der Waals surface area contributed by atoms with Crippen molar-refractivity contribution in [3.63, 3.8) is 0 Å². The Morgan fingerprint density at radius 1 is 0.376 bits per heavy atom. The molecule has 0 aromatic heterocycles. The second-order valence-corrected chi connectivity index (χ2v) is 28.2. The Morgan fingerprint density at radius 3 is 1.03 bits per heavy atom. The fourth-order valence-corrected chi connectivity index (χ4v) is 13.0. The smallest absolute Gasteiger partial charge is 0.220 e. The van der Waals surface area contributed by atoms with Crippen molar-refractivity contribution in [2.75, 3.05) is 13.2 Å². The monoisotopic (exact) mass is 1310 g/mol. The summed E-state index contributed by atoms with van der Waals surface area (Å²) in [7, 11) is 0. The number of rotatable bonds is 72. The highest BCUT2D eigenvalue weighted by Crippen LogP contribution is 2.24. The molecule has 1 amide bonds. The molecule has 0 aliphatic carbocycles. The molecule has 7 unspecified atom stereocenters. The maximum atomic E-state index is 13.2. The molecule has 9 heteroatoms. The van der Waals surface area contributed by atoms with Crippen LogP contribution in [0.15, 0.2) is 72.9 Å². The van der Waals surface area contributed by atoms with Crippen LogP contribution < -0.4 is 5.32 Å². The van der Waals surface area contributed by atoms with E-state index in [1.54, 1.807) is 6.08 Å². The molecule has 1 fully saturated rings. The Hall–Kier alpha value is -2.37. The Morgan fingerprint density at radius 2 is 0.677 bits per heavy atom. The summed E-state index contributed by atoms with van der Waals surface area (Å²) in [6.07, 6.45) is 96.4. The molecule has 1 aliphatic rings. The average Bonchev–Trinajstić information content (AvgIpc) is 1.02. The fraction of sp³-hybridized carbons (Fsp3) is 0.845. The van der Waals surface area contributed by atoms with Crippen LogP contribution in [0.2, 0.25) is 0 Å². The molecule has 544 valence electrons. The van der Waals surface area contributed by atoms with E-state index in [-0.39, 0.29) is 12.5 Å². The lowest BCUT2D eigenvalue weighted by Gasteiger charge is -2.40. The molecule has 0 saturated carbocycles. The normalized spacial score (nSPS) is 17.9. The molecule has 1 saturated heterocycles. The van der Waals surface area contributed by atoms with Crippen molar-refractivity contribution in [3.8, 4) is 0 Å². The number of allylic oxidation sites excluding steroid dienone is 11. The van der Waals surface area contributed by atoms with Gasteiger partial charge < -0.3 is 40.3 Å². The number of aliphatic hydroxyl groups excluding tert-OH is 5. The van der Waals surface area contributed by atoms with Crippen molar-refractivity contribution in [2.45, 2.75) is 442 Å². The molecule has 7 atom stereocenters. The fourth-order valence-electron chi connectivity index (χ4n) is 13.0. The van der Waals surface area contributed by atoms with Gasteiger partial charge >= 0.3 is 0 Å². The lowest BCUT2D eigenvalue weighted by molar-refractivity contribution is -0.302. The number of amides is 1. The van der Waals surface area contributed by atoms with E-state index in [1.165, 1.54) is 315 Å². The average molecular weight is 1310 g/mol. The third kappa shape index (κ3) is 60.5. The number of unbranched alkanes of at least 4 members (excludes halogenated alkanes) is 52. The number of hydrogen-bond donors (Lipinski definition) is 6. The van der Waals surface area contributed by atoms with Crippen molar-refractivity contribution in [2.24, 2.45) is 0 Å². The topological polar surface area (TPSA) is 149 Å². The summed E-state index contributed by atoms with van der Waals surface area (Å²) in [5.74, 6) is -0.179. The highest BCUT2D eigenvalue weighted by molar-refractivity contribution is 5.76. The predicted molar refractivity (Wildman–Crippen MR) is 401 cm³/mol. The lowest BCUT2D eigenvalue weighted by Crippen LogP contribution is -2.60. The summed E-state index contributed by atoms with van der Waals surface area (Å²) >= 11 is 0. The van der Waals surface area contributed by atoms with Gasteiger partial charge in [-0.15, -0.1) is 0 Å². The molecule has 6 N–H and O–H groups in total. The first-order valence-electron chi connectivity index (χ1n) is 40.7. The first kappa shape index (κ1) is 88.6. The molecule has 9 nitrogen and oxygen atoms in total. The highest BCUT2D eigenvalue weighted by Gasteiger charge is 2.44. The zero-order chi connectivity index (χ0) is 67.1. The maximum absolute atomic E-state index is 13.2. The Balaban J connectivity index is 2.06. The summed E-state index contributed by atoms with van der Waals surface area (Å²) in [6.45, 7) is 3.71. The van der Waals surface area contributed by atoms with Crippen molar-refractivity contribution >= 4 is 5.91 Å². The zero-order valence-electron chi connectivity index (χ0n) is 61.3. The van der Waals surface area contributed by atoms with E-state index in [4.69, 9.17) is 9.47 Å². The highest BCUT2D eigenvalue weighted by atomic mass is 16.7. The van der Waals surface area contributed by atoms with Crippen molar-refractivity contribution in [1.29, 1.82) is 0 Å². The van der Waals surface area contributed by atoms with E-state index >= 15 is 0 Å². The van der Waals surface area contributed by atoms with Gasteiger partial charge in [0.1, 0.15) is 24.4 Å². The molecule has 0 aromatic rings. The first-order chi connectivity index (χ1) is 45.8. The van der Waals surface area contributed by atoms with E-state index in [1.807, 2.05) is 6.08 Å². The van der Waals surface area contributed by atoms with Gasteiger partial charge in [-0.05, 0) is 70.6 Å². The zero-order valence-corrected chi connectivity index (χ0v) is 61.3. The molecule has 0 radical (unpaired) electrons. The van der Waals surface area contributed by atoms with Crippen LogP contribution >= 0.6 is 0 Å². The van der Waals surface area contributed by atoms with Crippen molar-refractivity contribution in [1.82, 2.24) is 5.32 Å². The standard InChI is InChI=1S/C84H155NO8/c1-3-5-7-9-11-13-15-17-19-21-23-25-27-29-31-33-35-36-37-38-39-40-41-42-44-46-48-50-52-54-56-58-60-62-64-66-68-70-72-74-80(88)85-77(76-92-84-83(91)82(90)81(89)79(75-86)93-84)78(87)73-71-69-67-65-63-61-59-57-55-53-51-49-47-45-43-34-32-30-28-26-24-22-20-18-16-14-12-10-8-6-4-2/h5,7,11,13,17,19,23,25,63,65,71,73,77-79,81-84,86-87,89-91H,3-4,6,8-10,12,14-16,18,20-22,24,26-62,64,66-70,72,74-76H2,1-2H3,(H,85,88)/b7-5-,13-11-,19-17-,25-23-,65-63+,73-71+. The molecule has 0 aromatic carbocycles. The van der Waals surface area contributed by atoms with Gasteiger partial charge in [-0.3, -0.25) is 4.79 Å². The lowest BCUT2D eigenvalue weighted by atomic mass is 9.99. The summed E-state index contributed by atoms with van der Waals surface area (Å²) in [5, 5.41) is 54.9. The second-order valence-electron chi connectivity index (χ2n) is 28.2. The van der Waals surface area contributed by atoms with Gasteiger partial charge in [-0.1, -0.05) is 395 Å². The van der Waals surface area contributed by atoms with Gasteiger partial charge in [-0.2, -0.15) is 0 Å². The minimum absolute atomic E-state index is 0.179. The molecule has 0 spiro atoms. The van der Waals surface area contributed by atoms with Crippen LogP contribution in [0.1, 0.15) is 399 Å². The first-order valence-corrected chi connectivity index (χ1v) is 40.7. The van der Waals surface area contributed by atoms with Crippen LogP contribution in [-0.2, 0) is 14.3 Å². The number of carbonyl (C=O) groups is 1. The van der Waals surface area contributed by atoms with Crippen LogP contribution in [0.3, 0.4) is 0 Å². The summed E-state index contributed by atoms with van der Waals surface area (Å²) in [6, 6.07) is -0.824. The molecular formula is C84H155NO8. The summed E-state index contributed by atoms with van der Waals surface area (Å²) in [4.78, 5) is 13.2.